The summed E-state index contributed by atoms with van der Waals surface area (Å²) >= 11 is 0. The van der Waals surface area contributed by atoms with E-state index in [1.54, 1.807) is 6.92 Å². The first-order valence-corrected chi connectivity index (χ1v) is 3.70. The van der Waals surface area contributed by atoms with Crippen molar-refractivity contribution in [3.63, 3.8) is 0 Å². The van der Waals surface area contributed by atoms with E-state index in [1.807, 2.05) is 6.08 Å². The standard InChI is InChI=1S/C8H15NO2/c1-3-4-5-6-11-7(2)8(9)10/h3,7H,1,4-6H2,2H3,(H2,9,10). The molecule has 1 amide bonds. The lowest BCUT2D eigenvalue weighted by molar-refractivity contribution is -0.128. The van der Waals surface area contributed by atoms with Crippen LogP contribution in [0.5, 0.6) is 0 Å². The highest BCUT2D eigenvalue weighted by atomic mass is 16.5. The fourth-order valence-electron chi connectivity index (χ4n) is 0.570. The Hall–Kier alpha value is -0.830. The summed E-state index contributed by atoms with van der Waals surface area (Å²) < 4.78 is 5.08. The van der Waals surface area contributed by atoms with Gasteiger partial charge in [-0.3, -0.25) is 4.79 Å². The van der Waals surface area contributed by atoms with Crippen molar-refractivity contribution in [2.24, 2.45) is 5.73 Å². The van der Waals surface area contributed by atoms with Gasteiger partial charge in [-0.15, -0.1) is 6.58 Å². The highest BCUT2D eigenvalue weighted by Gasteiger charge is 2.06. The summed E-state index contributed by atoms with van der Waals surface area (Å²) in [6, 6.07) is 0. The van der Waals surface area contributed by atoms with Crippen LogP contribution in [0.2, 0.25) is 0 Å². The number of hydrogen-bond acceptors (Lipinski definition) is 2. The lowest BCUT2D eigenvalue weighted by Gasteiger charge is -2.07. The first-order valence-electron chi connectivity index (χ1n) is 3.70. The van der Waals surface area contributed by atoms with Crippen molar-refractivity contribution >= 4 is 5.91 Å². The van der Waals surface area contributed by atoms with Gasteiger partial charge in [-0.1, -0.05) is 6.08 Å². The summed E-state index contributed by atoms with van der Waals surface area (Å²) in [7, 11) is 0. The molecule has 0 aliphatic carbocycles. The molecule has 2 N–H and O–H groups in total. The predicted octanol–water partition coefficient (Wildman–Crippen LogP) is 0.843. The van der Waals surface area contributed by atoms with Crippen LogP contribution in [-0.2, 0) is 9.53 Å². The molecule has 0 aliphatic rings. The Morgan fingerprint density at radius 2 is 2.45 bits per heavy atom. The number of carbonyl (C=O) groups excluding carboxylic acids is 1. The molecule has 0 spiro atoms. The summed E-state index contributed by atoms with van der Waals surface area (Å²) in [5, 5.41) is 0. The molecule has 3 nitrogen and oxygen atoms in total. The maximum absolute atomic E-state index is 10.4. The molecule has 3 heteroatoms. The third-order valence-corrected chi connectivity index (χ3v) is 1.32. The van der Waals surface area contributed by atoms with Crippen LogP contribution >= 0.6 is 0 Å². The molecule has 64 valence electrons. The number of unbranched alkanes of at least 4 members (excludes halogenated alkanes) is 1. The van der Waals surface area contributed by atoms with Gasteiger partial charge in [0.2, 0.25) is 5.91 Å². The number of allylic oxidation sites excluding steroid dienone is 1. The quantitative estimate of drug-likeness (QED) is 0.459. The molecule has 0 aromatic carbocycles. The van der Waals surface area contributed by atoms with E-state index in [4.69, 9.17) is 10.5 Å². The number of rotatable bonds is 6. The molecule has 0 bridgehead atoms. The molecule has 0 saturated heterocycles. The van der Waals surface area contributed by atoms with Crippen molar-refractivity contribution < 1.29 is 9.53 Å². The van der Waals surface area contributed by atoms with E-state index >= 15 is 0 Å². The molecular formula is C8H15NO2. The third kappa shape index (κ3) is 5.61. The highest BCUT2D eigenvalue weighted by molar-refractivity contribution is 5.78. The third-order valence-electron chi connectivity index (χ3n) is 1.32. The molecule has 11 heavy (non-hydrogen) atoms. The smallest absolute Gasteiger partial charge is 0.246 e. The number of nitrogens with two attached hydrogens (primary N) is 1. The molecule has 0 radical (unpaired) electrons. The second kappa shape index (κ2) is 5.92. The number of primary amides is 1. The lowest BCUT2D eigenvalue weighted by atomic mass is 10.3. The van der Waals surface area contributed by atoms with Gasteiger partial charge in [0.25, 0.3) is 0 Å². The van der Waals surface area contributed by atoms with Crippen molar-refractivity contribution in [3.8, 4) is 0 Å². The van der Waals surface area contributed by atoms with Crippen LogP contribution in [0.25, 0.3) is 0 Å². The normalized spacial score (nSPS) is 12.5. The first kappa shape index (κ1) is 10.2. The van der Waals surface area contributed by atoms with Gasteiger partial charge in [0.1, 0.15) is 6.10 Å². The Morgan fingerprint density at radius 1 is 1.82 bits per heavy atom. The Bertz CT molecular complexity index is 134. The molecule has 0 fully saturated rings. The van der Waals surface area contributed by atoms with Gasteiger partial charge < -0.3 is 10.5 Å². The van der Waals surface area contributed by atoms with Crippen molar-refractivity contribution in [2.45, 2.75) is 25.9 Å². The second-order valence-electron chi connectivity index (χ2n) is 2.35. The summed E-state index contributed by atoms with van der Waals surface area (Å²) in [5.41, 5.74) is 4.97. The monoisotopic (exact) mass is 157 g/mol. The van der Waals surface area contributed by atoms with Crippen LogP contribution in [0.3, 0.4) is 0 Å². The average Bonchev–Trinajstić information content (AvgIpc) is 1.97. The van der Waals surface area contributed by atoms with Crippen LogP contribution in [-0.4, -0.2) is 18.6 Å². The lowest BCUT2D eigenvalue weighted by Crippen LogP contribution is -2.28. The zero-order valence-corrected chi connectivity index (χ0v) is 6.88. The van der Waals surface area contributed by atoms with Crippen molar-refractivity contribution in [3.05, 3.63) is 12.7 Å². The molecule has 0 saturated carbocycles. The van der Waals surface area contributed by atoms with Crippen molar-refractivity contribution in [2.75, 3.05) is 6.61 Å². The van der Waals surface area contributed by atoms with Gasteiger partial charge in [0.15, 0.2) is 0 Å². The van der Waals surface area contributed by atoms with E-state index < -0.39 is 12.0 Å². The van der Waals surface area contributed by atoms with Crippen molar-refractivity contribution in [1.82, 2.24) is 0 Å². The summed E-state index contributed by atoms with van der Waals surface area (Å²) in [6.07, 6.45) is 3.14. The Labute approximate surface area is 67.2 Å². The van der Waals surface area contributed by atoms with Crippen molar-refractivity contribution in [1.29, 1.82) is 0 Å². The summed E-state index contributed by atoms with van der Waals surface area (Å²) in [5.74, 6) is -0.413. The van der Waals surface area contributed by atoms with Crippen LogP contribution in [0.15, 0.2) is 12.7 Å². The fourth-order valence-corrected chi connectivity index (χ4v) is 0.570. The molecule has 0 aromatic heterocycles. The van der Waals surface area contributed by atoms with Gasteiger partial charge in [-0.25, -0.2) is 0 Å². The fraction of sp³-hybridized carbons (Fsp3) is 0.625. The van der Waals surface area contributed by atoms with E-state index in [1.165, 1.54) is 0 Å². The number of hydrogen-bond donors (Lipinski definition) is 1. The Balaban J connectivity index is 3.24. The molecule has 0 aliphatic heterocycles. The molecule has 0 rings (SSSR count). The van der Waals surface area contributed by atoms with Gasteiger partial charge in [-0.2, -0.15) is 0 Å². The van der Waals surface area contributed by atoms with Gasteiger partial charge >= 0.3 is 0 Å². The summed E-state index contributed by atoms with van der Waals surface area (Å²) in [6.45, 7) is 5.78. The van der Waals surface area contributed by atoms with E-state index in [0.29, 0.717) is 6.61 Å². The number of amides is 1. The number of ether oxygens (including phenoxy) is 1. The Kier molecular flexibility index (Phi) is 5.47. The largest absolute Gasteiger partial charge is 0.369 e. The van der Waals surface area contributed by atoms with Crippen LogP contribution in [0.1, 0.15) is 19.8 Å². The first-order chi connectivity index (χ1) is 5.18. The van der Waals surface area contributed by atoms with E-state index in [9.17, 15) is 4.79 Å². The maximum Gasteiger partial charge on any atom is 0.246 e. The molecule has 1 atom stereocenters. The van der Waals surface area contributed by atoms with E-state index in [-0.39, 0.29) is 0 Å². The minimum atomic E-state index is -0.472. The molecule has 0 aromatic rings. The topological polar surface area (TPSA) is 52.3 Å². The van der Waals surface area contributed by atoms with Gasteiger partial charge in [0.05, 0.1) is 0 Å². The van der Waals surface area contributed by atoms with Crippen LogP contribution in [0, 0.1) is 0 Å². The van der Waals surface area contributed by atoms with E-state index in [0.717, 1.165) is 12.8 Å². The molecule has 1 unspecified atom stereocenters. The zero-order chi connectivity index (χ0) is 8.69. The molecule has 0 heterocycles. The second-order valence-corrected chi connectivity index (χ2v) is 2.35. The van der Waals surface area contributed by atoms with E-state index in [2.05, 4.69) is 6.58 Å². The van der Waals surface area contributed by atoms with Crippen LogP contribution in [0.4, 0.5) is 0 Å². The Morgan fingerprint density at radius 3 is 2.91 bits per heavy atom. The maximum atomic E-state index is 10.4. The minimum Gasteiger partial charge on any atom is -0.369 e. The van der Waals surface area contributed by atoms with Gasteiger partial charge in [0, 0.05) is 6.61 Å². The SMILES string of the molecule is C=CCCCOC(C)C(N)=O. The van der Waals surface area contributed by atoms with Gasteiger partial charge in [-0.05, 0) is 19.8 Å². The molecular weight excluding hydrogens is 142 g/mol. The minimum absolute atomic E-state index is 0.413. The number of carbonyl (C=O) groups is 1. The zero-order valence-electron chi connectivity index (χ0n) is 6.88. The predicted molar refractivity (Wildman–Crippen MR) is 44.0 cm³/mol. The average molecular weight is 157 g/mol. The van der Waals surface area contributed by atoms with Crippen LogP contribution < -0.4 is 5.73 Å². The highest BCUT2D eigenvalue weighted by Crippen LogP contribution is 1.94. The summed E-state index contributed by atoms with van der Waals surface area (Å²) in [4.78, 5) is 10.4.